The summed E-state index contributed by atoms with van der Waals surface area (Å²) < 4.78 is 10.7. The molecule has 120 valence electrons. The summed E-state index contributed by atoms with van der Waals surface area (Å²) in [5, 5.41) is 3.89. The van der Waals surface area contributed by atoms with Crippen molar-refractivity contribution < 1.29 is 14.3 Å². The fourth-order valence-electron chi connectivity index (χ4n) is 2.32. The summed E-state index contributed by atoms with van der Waals surface area (Å²) in [5.74, 6) is 0.812. The van der Waals surface area contributed by atoms with Gasteiger partial charge in [0.05, 0.1) is 7.11 Å². The summed E-state index contributed by atoms with van der Waals surface area (Å²) in [6, 6.07) is 5.89. The zero-order chi connectivity index (χ0) is 16.3. The lowest BCUT2D eigenvalue weighted by Gasteiger charge is -2.22. The molecule has 0 unspecified atom stereocenters. The second-order valence-electron chi connectivity index (χ2n) is 6.52. The van der Waals surface area contributed by atoms with E-state index in [1.54, 1.807) is 7.11 Å². The fraction of sp³-hybridized carbons (Fsp3) is 0.471. The van der Waals surface area contributed by atoms with Crippen LogP contribution in [0.25, 0.3) is 10.9 Å². The molecule has 1 amide bonds. The van der Waals surface area contributed by atoms with Crippen molar-refractivity contribution in [2.75, 3.05) is 7.11 Å². The summed E-state index contributed by atoms with van der Waals surface area (Å²) in [7, 11) is 1.65. The molecule has 0 radical (unpaired) electrons. The molecule has 1 atom stereocenters. The van der Waals surface area contributed by atoms with Gasteiger partial charge in [-0.25, -0.2) is 4.79 Å². The van der Waals surface area contributed by atoms with E-state index < -0.39 is 6.09 Å². The number of hydrogen-bond acceptors (Lipinski definition) is 3. The van der Waals surface area contributed by atoms with Gasteiger partial charge in [0.1, 0.15) is 11.9 Å². The number of H-pyrrole nitrogens is 1. The molecule has 2 N–H and O–H groups in total. The molecule has 5 nitrogen and oxygen atoms in total. The van der Waals surface area contributed by atoms with E-state index in [9.17, 15) is 4.79 Å². The smallest absolute Gasteiger partial charge is 0.407 e. The number of aromatic amines is 1. The third-order valence-corrected chi connectivity index (χ3v) is 3.27. The van der Waals surface area contributed by atoms with Crippen LogP contribution in [0.1, 0.15) is 33.3 Å². The van der Waals surface area contributed by atoms with Crippen molar-refractivity contribution >= 4 is 17.0 Å². The minimum Gasteiger partial charge on any atom is -0.497 e. The Morgan fingerprint density at radius 3 is 2.73 bits per heavy atom. The maximum atomic E-state index is 11.8. The molecular weight excluding hydrogens is 280 g/mol. The molecule has 1 aromatic carbocycles. The Morgan fingerprint density at radius 2 is 2.09 bits per heavy atom. The number of aromatic nitrogens is 1. The number of amides is 1. The maximum absolute atomic E-state index is 11.8. The first-order chi connectivity index (χ1) is 10.3. The maximum Gasteiger partial charge on any atom is 0.407 e. The van der Waals surface area contributed by atoms with Crippen LogP contribution in [0.4, 0.5) is 4.79 Å². The topological polar surface area (TPSA) is 63.4 Å². The third kappa shape index (κ3) is 4.16. The van der Waals surface area contributed by atoms with Gasteiger partial charge >= 0.3 is 6.09 Å². The number of carbonyl (C=O) groups is 1. The van der Waals surface area contributed by atoms with Gasteiger partial charge in [0.25, 0.3) is 0 Å². The molecule has 0 aliphatic carbocycles. The molecule has 0 aliphatic rings. The highest BCUT2D eigenvalue weighted by Crippen LogP contribution is 2.24. The molecule has 0 saturated carbocycles. The van der Waals surface area contributed by atoms with Gasteiger partial charge in [-0.15, -0.1) is 0 Å². The third-order valence-electron chi connectivity index (χ3n) is 3.27. The Bertz CT molecular complexity index is 655. The number of benzene rings is 1. The summed E-state index contributed by atoms with van der Waals surface area (Å²) >= 11 is 0. The Balaban J connectivity index is 2.05. The first kappa shape index (κ1) is 16.2. The van der Waals surface area contributed by atoms with E-state index in [-0.39, 0.29) is 11.6 Å². The standard InChI is InChI=1S/C17H24N2O3/c1-11(22-16(20)19-17(2,3)4)8-12-10-18-15-7-6-13(21-5)9-14(12)15/h6-7,9-11,18H,8H2,1-5H3,(H,19,20)/t11-/m1/s1. The van der Waals surface area contributed by atoms with Crippen LogP contribution in [-0.4, -0.2) is 29.8 Å². The Hall–Kier alpha value is -2.17. The molecule has 0 fully saturated rings. The van der Waals surface area contributed by atoms with Gasteiger partial charge in [0.15, 0.2) is 0 Å². The van der Waals surface area contributed by atoms with Crippen LogP contribution in [0.5, 0.6) is 5.75 Å². The van der Waals surface area contributed by atoms with Crippen LogP contribution in [-0.2, 0) is 11.2 Å². The van der Waals surface area contributed by atoms with Gasteiger partial charge in [-0.1, -0.05) is 0 Å². The van der Waals surface area contributed by atoms with Crippen LogP contribution in [0, 0.1) is 0 Å². The fourth-order valence-corrected chi connectivity index (χ4v) is 2.32. The van der Waals surface area contributed by atoms with E-state index >= 15 is 0 Å². The van der Waals surface area contributed by atoms with E-state index in [1.165, 1.54) is 0 Å². The zero-order valence-electron chi connectivity index (χ0n) is 13.8. The average molecular weight is 304 g/mol. The highest BCUT2D eigenvalue weighted by atomic mass is 16.6. The van der Waals surface area contributed by atoms with E-state index in [1.807, 2.05) is 52.1 Å². The second-order valence-corrected chi connectivity index (χ2v) is 6.52. The zero-order valence-corrected chi connectivity index (χ0v) is 13.8. The number of methoxy groups -OCH3 is 1. The van der Waals surface area contributed by atoms with Crippen molar-refractivity contribution in [2.45, 2.75) is 45.8 Å². The first-order valence-corrected chi connectivity index (χ1v) is 7.41. The number of carbonyl (C=O) groups excluding carboxylic acids is 1. The predicted octanol–water partition coefficient (Wildman–Crippen LogP) is 3.63. The largest absolute Gasteiger partial charge is 0.497 e. The van der Waals surface area contributed by atoms with Crippen LogP contribution < -0.4 is 10.1 Å². The summed E-state index contributed by atoms with van der Waals surface area (Å²) in [4.78, 5) is 15.0. The van der Waals surface area contributed by atoms with Crippen molar-refractivity contribution in [3.05, 3.63) is 30.0 Å². The highest BCUT2D eigenvalue weighted by Gasteiger charge is 2.18. The SMILES string of the molecule is COc1ccc2[nH]cc(C[C@@H](C)OC(=O)NC(C)(C)C)c2c1. The van der Waals surface area contributed by atoms with E-state index in [2.05, 4.69) is 10.3 Å². The Morgan fingerprint density at radius 1 is 1.36 bits per heavy atom. The van der Waals surface area contributed by atoms with Gasteiger partial charge in [-0.3, -0.25) is 0 Å². The Labute approximate surface area is 131 Å². The lowest BCUT2D eigenvalue weighted by atomic mass is 10.1. The normalized spacial score (nSPS) is 13.0. The monoisotopic (exact) mass is 304 g/mol. The molecule has 0 bridgehead atoms. The molecule has 0 aliphatic heterocycles. The molecule has 1 aromatic heterocycles. The number of hydrogen-bond donors (Lipinski definition) is 2. The number of alkyl carbamates (subject to hydrolysis) is 1. The quantitative estimate of drug-likeness (QED) is 0.906. The van der Waals surface area contributed by atoms with Gasteiger partial charge in [-0.05, 0) is 51.5 Å². The van der Waals surface area contributed by atoms with Crippen molar-refractivity contribution in [3.8, 4) is 5.75 Å². The second kappa shape index (κ2) is 6.30. The van der Waals surface area contributed by atoms with Gasteiger partial charge < -0.3 is 19.8 Å². The molecule has 22 heavy (non-hydrogen) atoms. The van der Waals surface area contributed by atoms with Crippen molar-refractivity contribution in [1.29, 1.82) is 0 Å². The summed E-state index contributed by atoms with van der Waals surface area (Å²) in [6.45, 7) is 7.65. The predicted molar refractivity (Wildman–Crippen MR) is 87.4 cm³/mol. The number of ether oxygens (including phenoxy) is 2. The van der Waals surface area contributed by atoms with Crippen LogP contribution in [0.3, 0.4) is 0 Å². The molecule has 0 saturated heterocycles. The van der Waals surface area contributed by atoms with Crippen LogP contribution >= 0.6 is 0 Å². The van der Waals surface area contributed by atoms with E-state index in [4.69, 9.17) is 9.47 Å². The minimum absolute atomic E-state index is 0.215. The van der Waals surface area contributed by atoms with E-state index in [0.717, 1.165) is 22.2 Å². The summed E-state index contributed by atoms with van der Waals surface area (Å²) in [5.41, 5.74) is 1.84. The summed E-state index contributed by atoms with van der Waals surface area (Å²) in [6.07, 6.45) is 1.99. The number of rotatable bonds is 4. The Kier molecular flexibility index (Phi) is 4.64. The van der Waals surface area contributed by atoms with Gasteiger partial charge in [-0.2, -0.15) is 0 Å². The minimum atomic E-state index is -0.391. The lowest BCUT2D eigenvalue weighted by Crippen LogP contribution is -2.42. The molecule has 1 heterocycles. The number of fused-ring (bicyclic) bond motifs is 1. The van der Waals surface area contributed by atoms with Crippen molar-refractivity contribution in [2.24, 2.45) is 0 Å². The molecule has 0 spiro atoms. The molecule has 2 rings (SSSR count). The van der Waals surface area contributed by atoms with Crippen molar-refractivity contribution in [3.63, 3.8) is 0 Å². The number of nitrogens with one attached hydrogen (secondary N) is 2. The molecule has 2 aromatic rings. The van der Waals surface area contributed by atoms with Gasteiger partial charge in [0, 0.05) is 29.1 Å². The highest BCUT2D eigenvalue weighted by molar-refractivity contribution is 5.84. The van der Waals surface area contributed by atoms with E-state index in [0.29, 0.717) is 6.42 Å². The first-order valence-electron chi connectivity index (χ1n) is 7.41. The van der Waals surface area contributed by atoms with Crippen LogP contribution in [0.15, 0.2) is 24.4 Å². The molecule has 5 heteroatoms. The lowest BCUT2D eigenvalue weighted by molar-refractivity contribution is 0.100. The van der Waals surface area contributed by atoms with Gasteiger partial charge in [0.2, 0.25) is 0 Å². The average Bonchev–Trinajstić information content (AvgIpc) is 2.78. The van der Waals surface area contributed by atoms with Crippen molar-refractivity contribution in [1.82, 2.24) is 10.3 Å². The molecular formula is C17H24N2O3. The van der Waals surface area contributed by atoms with Crippen LogP contribution in [0.2, 0.25) is 0 Å².